The SMILES string of the molecule is Cc1cc(-n2c(-c3cc(F)c(S(C)(=O)=O)cc3F)coc2=O)ccc1OC(F)(F)F. The molecule has 0 radical (unpaired) electrons. The number of sulfone groups is 1. The van der Waals surface area contributed by atoms with Gasteiger partial charge in [0.25, 0.3) is 0 Å². The average Bonchev–Trinajstić information content (AvgIpc) is 2.97. The topological polar surface area (TPSA) is 78.5 Å². The van der Waals surface area contributed by atoms with Gasteiger partial charge in [0.15, 0.2) is 9.84 Å². The molecule has 0 spiro atoms. The van der Waals surface area contributed by atoms with Crippen molar-refractivity contribution >= 4 is 9.84 Å². The Morgan fingerprint density at radius 1 is 1.07 bits per heavy atom. The zero-order chi connectivity index (χ0) is 22.4. The van der Waals surface area contributed by atoms with E-state index in [0.717, 1.165) is 29.0 Å². The summed E-state index contributed by atoms with van der Waals surface area (Å²) in [5, 5.41) is 0. The van der Waals surface area contributed by atoms with Crippen molar-refractivity contribution in [1.29, 1.82) is 0 Å². The number of oxazole rings is 1. The first-order valence-electron chi connectivity index (χ1n) is 8.05. The summed E-state index contributed by atoms with van der Waals surface area (Å²) in [6.45, 7) is 1.29. The van der Waals surface area contributed by atoms with E-state index in [2.05, 4.69) is 4.74 Å². The summed E-state index contributed by atoms with van der Waals surface area (Å²) in [7, 11) is -4.05. The summed E-state index contributed by atoms with van der Waals surface area (Å²) >= 11 is 0. The number of alkyl halides is 3. The molecule has 0 unspecified atom stereocenters. The van der Waals surface area contributed by atoms with Crippen molar-refractivity contribution in [2.45, 2.75) is 18.2 Å². The van der Waals surface area contributed by atoms with Crippen LogP contribution in [-0.4, -0.2) is 25.6 Å². The minimum Gasteiger partial charge on any atom is -0.415 e. The van der Waals surface area contributed by atoms with Crippen LogP contribution in [0.3, 0.4) is 0 Å². The summed E-state index contributed by atoms with van der Waals surface area (Å²) in [5.74, 6) is -3.95. The van der Waals surface area contributed by atoms with E-state index in [1.165, 1.54) is 6.92 Å². The summed E-state index contributed by atoms with van der Waals surface area (Å²) in [6.07, 6.45) is -3.41. The average molecular weight is 449 g/mol. The third-order valence-corrected chi connectivity index (χ3v) is 5.15. The van der Waals surface area contributed by atoms with E-state index < -0.39 is 49.8 Å². The van der Waals surface area contributed by atoms with E-state index in [4.69, 9.17) is 4.42 Å². The molecule has 0 bridgehead atoms. The Labute approximate surface area is 166 Å². The van der Waals surface area contributed by atoms with E-state index in [9.17, 15) is 35.2 Å². The molecule has 0 atom stereocenters. The summed E-state index contributed by atoms with van der Waals surface area (Å²) in [6, 6.07) is 4.24. The number of ether oxygens (including phenoxy) is 1. The molecule has 12 heteroatoms. The van der Waals surface area contributed by atoms with Crippen molar-refractivity contribution in [3.8, 4) is 22.7 Å². The smallest absolute Gasteiger partial charge is 0.415 e. The van der Waals surface area contributed by atoms with Crippen LogP contribution in [0.15, 0.2) is 50.7 Å². The van der Waals surface area contributed by atoms with Gasteiger partial charge >= 0.3 is 12.1 Å². The standard InChI is InChI=1S/C18H12F5NO5S/c1-9-5-10(3-4-15(9)29-18(21,22)23)24-14(8-28-17(24)25)11-6-13(20)16(7-12(11)19)30(2,26)27/h3-8H,1-2H3. The van der Waals surface area contributed by atoms with Crippen LogP contribution in [0, 0.1) is 18.6 Å². The number of hydrogen-bond donors (Lipinski definition) is 0. The number of nitrogens with zero attached hydrogens (tertiary/aromatic N) is 1. The minimum absolute atomic E-state index is 0.00273. The number of halogens is 5. The lowest BCUT2D eigenvalue weighted by Crippen LogP contribution is -2.18. The van der Waals surface area contributed by atoms with Gasteiger partial charge in [0, 0.05) is 11.8 Å². The molecule has 2 aromatic carbocycles. The van der Waals surface area contributed by atoms with E-state index in [0.29, 0.717) is 18.4 Å². The molecule has 0 amide bonds. The highest BCUT2D eigenvalue weighted by atomic mass is 32.2. The number of aromatic nitrogens is 1. The van der Waals surface area contributed by atoms with Gasteiger partial charge in [0.2, 0.25) is 0 Å². The lowest BCUT2D eigenvalue weighted by atomic mass is 10.1. The molecular formula is C18H12F5NO5S. The van der Waals surface area contributed by atoms with Crippen LogP contribution >= 0.6 is 0 Å². The van der Waals surface area contributed by atoms with Crippen LogP contribution in [0.2, 0.25) is 0 Å². The van der Waals surface area contributed by atoms with Crippen LogP contribution in [-0.2, 0) is 9.84 Å². The molecule has 1 aromatic heterocycles. The lowest BCUT2D eigenvalue weighted by Gasteiger charge is -2.13. The molecule has 0 N–H and O–H groups in total. The number of aryl methyl sites for hydroxylation is 1. The fourth-order valence-corrected chi connectivity index (χ4v) is 3.49. The van der Waals surface area contributed by atoms with Gasteiger partial charge in [-0.25, -0.2) is 26.6 Å². The van der Waals surface area contributed by atoms with Gasteiger partial charge in [-0.3, -0.25) is 0 Å². The van der Waals surface area contributed by atoms with Crippen molar-refractivity contribution in [3.05, 3.63) is 64.3 Å². The number of rotatable bonds is 4. The monoisotopic (exact) mass is 449 g/mol. The second-order valence-corrected chi connectivity index (χ2v) is 8.24. The van der Waals surface area contributed by atoms with E-state index in [-0.39, 0.29) is 16.9 Å². The summed E-state index contributed by atoms with van der Waals surface area (Å²) < 4.78 is 98.5. The molecule has 160 valence electrons. The Kier molecular flexibility index (Phi) is 5.23. The third-order valence-electron chi connectivity index (χ3n) is 4.03. The first-order chi connectivity index (χ1) is 13.8. The largest absolute Gasteiger partial charge is 0.573 e. The molecule has 0 saturated carbocycles. The van der Waals surface area contributed by atoms with Crippen LogP contribution < -0.4 is 10.5 Å². The molecule has 0 aliphatic heterocycles. The normalized spacial score (nSPS) is 12.2. The van der Waals surface area contributed by atoms with Crippen LogP contribution in [0.25, 0.3) is 16.9 Å². The van der Waals surface area contributed by atoms with E-state index in [1.807, 2.05) is 0 Å². The van der Waals surface area contributed by atoms with Gasteiger partial charge in [0.1, 0.15) is 28.5 Å². The molecule has 1 heterocycles. The van der Waals surface area contributed by atoms with Gasteiger partial charge in [-0.15, -0.1) is 13.2 Å². The van der Waals surface area contributed by atoms with Gasteiger partial charge in [-0.05, 0) is 42.8 Å². The van der Waals surface area contributed by atoms with Crippen molar-refractivity contribution < 1.29 is 39.5 Å². The molecule has 0 aliphatic rings. The fourth-order valence-electron chi connectivity index (χ4n) is 2.76. The maximum atomic E-state index is 14.5. The highest BCUT2D eigenvalue weighted by Gasteiger charge is 2.32. The van der Waals surface area contributed by atoms with Crippen molar-refractivity contribution in [1.82, 2.24) is 4.57 Å². The van der Waals surface area contributed by atoms with Crippen LogP contribution in [0.1, 0.15) is 5.56 Å². The van der Waals surface area contributed by atoms with Gasteiger partial charge in [0.05, 0.1) is 11.4 Å². The Morgan fingerprint density at radius 3 is 2.30 bits per heavy atom. The van der Waals surface area contributed by atoms with Gasteiger partial charge in [-0.1, -0.05) is 0 Å². The van der Waals surface area contributed by atoms with Crippen LogP contribution in [0.5, 0.6) is 5.75 Å². The predicted octanol–water partition coefficient (Wildman–Crippen LogP) is 3.99. The molecule has 0 aliphatic carbocycles. The molecule has 6 nitrogen and oxygen atoms in total. The molecular weight excluding hydrogens is 437 g/mol. The van der Waals surface area contributed by atoms with Crippen molar-refractivity contribution in [2.75, 3.05) is 6.26 Å². The maximum absolute atomic E-state index is 14.5. The first-order valence-corrected chi connectivity index (χ1v) is 9.94. The predicted molar refractivity (Wildman–Crippen MR) is 94.2 cm³/mol. The fraction of sp³-hybridized carbons (Fsp3) is 0.167. The zero-order valence-electron chi connectivity index (χ0n) is 15.3. The first kappa shape index (κ1) is 21.6. The molecule has 0 saturated heterocycles. The molecule has 3 rings (SSSR count). The lowest BCUT2D eigenvalue weighted by molar-refractivity contribution is -0.274. The summed E-state index contributed by atoms with van der Waals surface area (Å²) in [5.41, 5.74) is -0.773. The second kappa shape index (κ2) is 7.27. The Bertz CT molecular complexity index is 1290. The number of hydrogen-bond acceptors (Lipinski definition) is 5. The highest BCUT2D eigenvalue weighted by molar-refractivity contribution is 7.90. The van der Waals surface area contributed by atoms with Crippen molar-refractivity contribution in [3.63, 3.8) is 0 Å². The Hall–Kier alpha value is -3.15. The van der Waals surface area contributed by atoms with Crippen molar-refractivity contribution in [2.24, 2.45) is 0 Å². The van der Waals surface area contributed by atoms with Crippen LogP contribution in [0.4, 0.5) is 22.0 Å². The third kappa shape index (κ3) is 4.22. The van der Waals surface area contributed by atoms with E-state index >= 15 is 0 Å². The Morgan fingerprint density at radius 2 is 1.73 bits per heavy atom. The number of benzene rings is 2. The quantitative estimate of drug-likeness (QED) is 0.563. The second-order valence-electron chi connectivity index (χ2n) is 6.25. The van der Waals surface area contributed by atoms with Gasteiger partial charge < -0.3 is 9.15 Å². The summed E-state index contributed by atoms with van der Waals surface area (Å²) in [4.78, 5) is 11.3. The minimum atomic E-state index is -4.92. The highest BCUT2D eigenvalue weighted by Crippen LogP contribution is 2.31. The zero-order valence-corrected chi connectivity index (χ0v) is 16.1. The maximum Gasteiger partial charge on any atom is 0.573 e. The molecule has 3 aromatic rings. The Balaban J connectivity index is 2.15. The van der Waals surface area contributed by atoms with Gasteiger partial charge in [-0.2, -0.15) is 0 Å². The van der Waals surface area contributed by atoms with E-state index in [1.54, 1.807) is 0 Å². The molecule has 30 heavy (non-hydrogen) atoms. The molecule has 0 fully saturated rings.